The summed E-state index contributed by atoms with van der Waals surface area (Å²) in [5, 5.41) is 15.1. The number of carbonyl (C=O) groups is 1. The molecule has 0 bridgehead atoms. The Kier molecular flexibility index (Phi) is 4.29. The molecule has 1 N–H and O–H groups in total. The number of aromatic nitrogens is 5. The molecule has 2 aliphatic rings. The Balaban J connectivity index is 1.51. The molecule has 25 heavy (non-hydrogen) atoms. The van der Waals surface area contributed by atoms with Crippen LogP contribution in [0, 0.1) is 5.92 Å². The highest BCUT2D eigenvalue weighted by Crippen LogP contribution is 2.42. The average molecular weight is 343 g/mol. The van der Waals surface area contributed by atoms with Crippen molar-refractivity contribution < 1.29 is 4.79 Å². The number of hydrogen-bond donors (Lipinski definition) is 1. The molecule has 1 saturated carbocycles. The lowest BCUT2D eigenvalue weighted by atomic mass is 9.86. The van der Waals surface area contributed by atoms with Crippen LogP contribution in [0.2, 0.25) is 0 Å². The Morgan fingerprint density at radius 2 is 2.12 bits per heavy atom. The van der Waals surface area contributed by atoms with Crippen molar-refractivity contribution in [3.63, 3.8) is 0 Å². The first kappa shape index (κ1) is 16.3. The minimum Gasteiger partial charge on any atom is -0.350 e. The number of rotatable bonds is 5. The number of piperidine rings is 1. The van der Waals surface area contributed by atoms with Gasteiger partial charge in [-0.25, -0.2) is 4.68 Å². The van der Waals surface area contributed by atoms with Crippen molar-refractivity contribution in [1.82, 2.24) is 35.0 Å². The summed E-state index contributed by atoms with van der Waals surface area (Å²) >= 11 is 0. The Bertz CT molecular complexity index is 748. The normalized spacial score (nSPS) is 24.4. The molecule has 0 unspecified atom stereocenters. The van der Waals surface area contributed by atoms with Gasteiger partial charge in [0.25, 0.3) is 5.91 Å². The van der Waals surface area contributed by atoms with Crippen molar-refractivity contribution in [2.45, 2.75) is 37.8 Å². The van der Waals surface area contributed by atoms with Crippen LogP contribution >= 0.6 is 0 Å². The molecule has 1 aliphatic heterocycles. The van der Waals surface area contributed by atoms with E-state index in [2.05, 4.69) is 31.7 Å². The quantitative estimate of drug-likeness (QED) is 0.872. The van der Waals surface area contributed by atoms with E-state index in [1.807, 2.05) is 17.9 Å². The summed E-state index contributed by atoms with van der Waals surface area (Å²) in [6, 6.07) is 3.13. The van der Waals surface area contributed by atoms with Gasteiger partial charge < -0.3 is 5.32 Å². The first-order valence-corrected chi connectivity index (χ1v) is 9.01. The van der Waals surface area contributed by atoms with E-state index in [9.17, 15) is 4.79 Å². The van der Waals surface area contributed by atoms with Gasteiger partial charge in [-0.05, 0) is 44.2 Å². The SMILES string of the molecule is Cn1nncc1C(=O)NC[C@@H]1CCCN(C2CC2)[C@H]1c1ccnn1C. The maximum Gasteiger partial charge on any atom is 0.271 e. The summed E-state index contributed by atoms with van der Waals surface area (Å²) < 4.78 is 3.48. The van der Waals surface area contributed by atoms with Crippen molar-refractivity contribution >= 4 is 5.91 Å². The van der Waals surface area contributed by atoms with E-state index in [1.165, 1.54) is 35.8 Å². The first-order chi connectivity index (χ1) is 12.1. The van der Waals surface area contributed by atoms with E-state index < -0.39 is 0 Å². The van der Waals surface area contributed by atoms with Crippen LogP contribution in [0.3, 0.4) is 0 Å². The molecule has 4 rings (SSSR count). The van der Waals surface area contributed by atoms with Gasteiger partial charge >= 0.3 is 0 Å². The van der Waals surface area contributed by atoms with Crippen LogP contribution in [-0.2, 0) is 14.1 Å². The fraction of sp³-hybridized carbons (Fsp3) is 0.647. The third-order valence-corrected chi connectivity index (χ3v) is 5.44. The van der Waals surface area contributed by atoms with Gasteiger partial charge in [0.1, 0.15) is 5.69 Å². The summed E-state index contributed by atoms with van der Waals surface area (Å²) in [5.74, 6) is 0.273. The summed E-state index contributed by atoms with van der Waals surface area (Å²) in [7, 11) is 3.74. The maximum atomic E-state index is 12.4. The fourth-order valence-corrected chi connectivity index (χ4v) is 4.03. The van der Waals surface area contributed by atoms with E-state index in [-0.39, 0.29) is 5.91 Å². The van der Waals surface area contributed by atoms with Gasteiger partial charge in [0, 0.05) is 32.9 Å². The van der Waals surface area contributed by atoms with E-state index >= 15 is 0 Å². The lowest BCUT2D eigenvalue weighted by Gasteiger charge is -2.41. The molecule has 2 aromatic rings. The Labute approximate surface area is 147 Å². The third kappa shape index (κ3) is 3.18. The van der Waals surface area contributed by atoms with Gasteiger partial charge in [0.05, 0.1) is 17.9 Å². The highest BCUT2D eigenvalue weighted by Gasteiger charge is 2.41. The summed E-state index contributed by atoms with van der Waals surface area (Å²) in [4.78, 5) is 15.0. The predicted molar refractivity (Wildman–Crippen MR) is 91.7 cm³/mol. The highest BCUT2D eigenvalue weighted by atomic mass is 16.2. The number of nitrogens with zero attached hydrogens (tertiary/aromatic N) is 6. The van der Waals surface area contributed by atoms with Crippen LogP contribution in [0.4, 0.5) is 0 Å². The summed E-state index contributed by atoms with van der Waals surface area (Å²) in [6.45, 7) is 1.79. The van der Waals surface area contributed by atoms with E-state index in [1.54, 1.807) is 7.05 Å². The zero-order chi connectivity index (χ0) is 17.4. The molecule has 1 amide bonds. The van der Waals surface area contributed by atoms with E-state index in [0.717, 1.165) is 13.0 Å². The van der Waals surface area contributed by atoms with Gasteiger partial charge in [-0.1, -0.05) is 5.21 Å². The molecule has 0 radical (unpaired) electrons. The molecule has 1 aliphatic carbocycles. The maximum absolute atomic E-state index is 12.4. The Morgan fingerprint density at radius 1 is 1.28 bits per heavy atom. The first-order valence-electron chi connectivity index (χ1n) is 9.01. The zero-order valence-corrected chi connectivity index (χ0v) is 14.8. The number of amides is 1. The average Bonchev–Trinajstić information content (AvgIpc) is 3.24. The number of carbonyl (C=O) groups excluding carboxylic acids is 1. The van der Waals surface area contributed by atoms with Gasteiger partial charge in [0.2, 0.25) is 0 Å². The molecule has 1 saturated heterocycles. The van der Waals surface area contributed by atoms with Crippen molar-refractivity contribution in [2.24, 2.45) is 20.0 Å². The molecule has 2 aromatic heterocycles. The summed E-state index contributed by atoms with van der Waals surface area (Å²) in [6.07, 6.45) is 8.24. The van der Waals surface area contributed by atoms with Gasteiger partial charge in [-0.2, -0.15) is 5.10 Å². The lowest BCUT2D eigenvalue weighted by molar-refractivity contribution is 0.0724. The van der Waals surface area contributed by atoms with Gasteiger partial charge in [0.15, 0.2) is 0 Å². The van der Waals surface area contributed by atoms with Gasteiger partial charge in [-0.3, -0.25) is 14.4 Å². The third-order valence-electron chi connectivity index (χ3n) is 5.44. The molecule has 3 heterocycles. The smallest absolute Gasteiger partial charge is 0.271 e. The molecule has 2 atom stereocenters. The summed E-state index contributed by atoms with van der Waals surface area (Å²) in [5.41, 5.74) is 1.74. The molecule has 0 aromatic carbocycles. The molecule has 134 valence electrons. The molecule has 2 fully saturated rings. The second-order valence-corrected chi connectivity index (χ2v) is 7.15. The molecule has 8 nitrogen and oxygen atoms in total. The minimum atomic E-state index is -0.111. The van der Waals surface area contributed by atoms with Crippen LogP contribution in [0.5, 0.6) is 0 Å². The monoisotopic (exact) mass is 343 g/mol. The topological polar surface area (TPSA) is 80.9 Å². The van der Waals surface area contributed by atoms with Crippen LogP contribution in [0.1, 0.15) is 47.9 Å². The zero-order valence-electron chi connectivity index (χ0n) is 14.8. The fourth-order valence-electron chi connectivity index (χ4n) is 4.03. The van der Waals surface area contributed by atoms with Crippen molar-refractivity contribution in [1.29, 1.82) is 0 Å². The predicted octanol–water partition coefficient (Wildman–Crippen LogP) is 0.894. The Hall–Kier alpha value is -2.22. The van der Waals surface area contributed by atoms with Crippen molar-refractivity contribution in [2.75, 3.05) is 13.1 Å². The second-order valence-electron chi connectivity index (χ2n) is 7.15. The van der Waals surface area contributed by atoms with Crippen molar-refractivity contribution in [3.8, 4) is 0 Å². The highest BCUT2D eigenvalue weighted by molar-refractivity contribution is 5.92. The van der Waals surface area contributed by atoms with E-state index in [0.29, 0.717) is 30.2 Å². The number of likely N-dealkylation sites (tertiary alicyclic amines) is 1. The molecule has 8 heteroatoms. The standard InChI is InChI=1S/C17H25N7O/c1-22-14(7-8-20-22)16-12(4-3-9-24(16)13-5-6-13)10-18-17(25)15-11-19-21-23(15)2/h7-8,11-13,16H,3-6,9-10H2,1-2H3,(H,18,25)/t12-,16+/m0/s1. The van der Waals surface area contributed by atoms with Crippen LogP contribution in [0.25, 0.3) is 0 Å². The van der Waals surface area contributed by atoms with Crippen LogP contribution < -0.4 is 5.32 Å². The Morgan fingerprint density at radius 3 is 2.76 bits per heavy atom. The molecular weight excluding hydrogens is 318 g/mol. The van der Waals surface area contributed by atoms with E-state index in [4.69, 9.17) is 0 Å². The number of aryl methyl sites for hydroxylation is 2. The van der Waals surface area contributed by atoms with Crippen molar-refractivity contribution in [3.05, 3.63) is 29.8 Å². The van der Waals surface area contributed by atoms with Crippen LogP contribution in [-0.4, -0.2) is 54.7 Å². The van der Waals surface area contributed by atoms with Crippen LogP contribution in [0.15, 0.2) is 18.5 Å². The minimum absolute atomic E-state index is 0.111. The second kappa shape index (κ2) is 6.59. The number of hydrogen-bond acceptors (Lipinski definition) is 5. The molecular formula is C17H25N7O. The number of nitrogens with one attached hydrogen (secondary N) is 1. The largest absolute Gasteiger partial charge is 0.350 e. The lowest BCUT2D eigenvalue weighted by Crippen LogP contribution is -2.45. The molecule has 0 spiro atoms. The van der Waals surface area contributed by atoms with Gasteiger partial charge in [-0.15, -0.1) is 5.10 Å².